The molecule has 0 saturated heterocycles. The van der Waals surface area contributed by atoms with Crippen molar-refractivity contribution in [3.05, 3.63) is 28.2 Å². The molecule has 0 spiro atoms. The van der Waals surface area contributed by atoms with Crippen molar-refractivity contribution in [1.82, 2.24) is 4.90 Å². The second-order valence-corrected chi connectivity index (χ2v) is 6.56. The van der Waals surface area contributed by atoms with E-state index in [2.05, 4.69) is 22.9 Å². The fraction of sp³-hybridized carbons (Fsp3) is 0.588. The van der Waals surface area contributed by atoms with Crippen molar-refractivity contribution >= 4 is 21.8 Å². The van der Waals surface area contributed by atoms with Crippen molar-refractivity contribution in [2.75, 3.05) is 13.7 Å². The topological polar surface area (TPSA) is 29.5 Å². The molecule has 0 aliphatic heterocycles. The number of hydrogen-bond acceptors (Lipinski definition) is 2. The van der Waals surface area contributed by atoms with Gasteiger partial charge < -0.3 is 9.64 Å². The number of carbonyl (C=O) groups excluding carboxylic acids is 1. The Labute approximate surface area is 135 Å². The molecular formula is C17H24BrNO2. The monoisotopic (exact) mass is 353 g/mol. The lowest BCUT2D eigenvalue weighted by Gasteiger charge is -2.31. The molecule has 0 radical (unpaired) electrons. The van der Waals surface area contributed by atoms with E-state index in [4.69, 9.17) is 4.74 Å². The number of benzene rings is 1. The van der Waals surface area contributed by atoms with E-state index >= 15 is 0 Å². The summed E-state index contributed by atoms with van der Waals surface area (Å²) in [6, 6.07) is 5.99. The molecule has 1 aromatic rings. The predicted octanol–water partition coefficient (Wildman–Crippen LogP) is 4.64. The maximum absolute atomic E-state index is 12.6. The highest BCUT2D eigenvalue weighted by Crippen LogP contribution is 2.28. The number of halogens is 1. The quantitative estimate of drug-likeness (QED) is 0.771. The Kier molecular flexibility index (Phi) is 6.09. The number of rotatable bonds is 5. The van der Waals surface area contributed by atoms with Gasteiger partial charge >= 0.3 is 0 Å². The van der Waals surface area contributed by atoms with Gasteiger partial charge in [-0.05, 0) is 53.4 Å². The zero-order valence-electron chi connectivity index (χ0n) is 12.9. The van der Waals surface area contributed by atoms with Gasteiger partial charge in [-0.25, -0.2) is 0 Å². The Morgan fingerprint density at radius 1 is 1.33 bits per heavy atom. The Morgan fingerprint density at radius 3 is 2.67 bits per heavy atom. The molecule has 1 amide bonds. The summed E-state index contributed by atoms with van der Waals surface area (Å²) >= 11 is 3.50. The first kappa shape index (κ1) is 16.3. The van der Waals surface area contributed by atoms with Crippen LogP contribution in [0.25, 0.3) is 0 Å². The molecule has 0 aromatic heterocycles. The summed E-state index contributed by atoms with van der Waals surface area (Å²) in [6.45, 7) is 2.76. The zero-order chi connectivity index (χ0) is 15.2. The Balaban J connectivity index is 2.06. The van der Waals surface area contributed by atoms with E-state index in [1.165, 1.54) is 19.3 Å². The summed E-state index contributed by atoms with van der Waals surface area (Å²) < 4.78 is 6.47. The summed E-state index contributed by atoms with van der Waals surface area (Å²) in [7, 11) is 1.92. The molecule has 1 fully saturated rings. The van der Waals surface area contributed by atoms with Crippen molar-refractivity contribution < 1.29 is 9.53 Å². The Morgan fingerprint density at radius 2 is 2.05 bits per heavy atom. The molecule has 1 aromatic carbocycles. The van der Waals surface area contributed by atoms with Crippen LogP contribution in [0.1, 0.15) is 55.8 Å². The van der Waals surface area contributed by atoms with Crippen LogP contribution < -0.4 is 4.74 Å². The van der Waals surface area contributed by atoms with Crippen molar-refractivity contribution in [2.24, 2.45) is 0 Å². The van der Waals surface area contributed by atoms with Crippen LogP contribution in [0.3, 0.4) is 0 Å². The van der Waals surface area contributed by atoms with Crippen LogP contribution >= 0.6 is 15.9 Å². The van der Waals surface area contributed by atoms with E-state index in [1.807, 2.05) is 30.1 Å². The summed E-state index contributed by atoms with van der Waals surface area (Å²) in [4.78, 5) is 14.5. The second kappa shape index (κ2) is 7.83. The minimum absolute atomic E-state index is 0.102. The molecule has 3 nitrogen and oxygen atoms in total. The predicted molar refractivity (Wildman–Crippen MR) is 88.9 cm³/mol. The number of amides is 1. The first-order valence-electron chi connectivity index (χ1n) is 7.83. The smallest absolute Gasteiger partial charge is 0.253 e. The maximum atomic E-state index is 12.6. The van der Waals surface area contributed by atoms with E-state index in [-0.39, 0.29) is 5.91 Å². The van der Waals surface area contributed by atoms with Gasteiger partial charge in [0.1, 0.15) is 5.75 Å². The third-order valence-corrected chi connectivity index (χ3v) is 4.70. The molecule has 0 N–H and O–H groups in total. The lowest BCUT2D eigenvalue weighted by atomic mass is 9.94. The average Bonchev–Trinajstić information content (AvgIpc) is 2.53. The number of carbonyl (C=O) groups is 1. The van der Waals surface area contributed by atoms with E-state index in [9.17, 15) is 4.79 Å². The molecule has 0 atom stereocenters. The van der Waals surface area contributed by atoms with Gasteiger partial charge in [-0.3, -0.25) is 4.79 Å². The molecule has 1 aliphatic rings. The third kappa shape index (κ3) is 4.22. The van der Waals surface area contributed by atoms with Gasteiger partial charge in [0.15, 0.2) is 0 Å². The van der Waals surface area contributed by atoms with Gasteiger partial charge in [0, 0.05) is 18.7 Å². The van der Waals surface area contributed by atoms with Crippen LogP contribution in [0.5, 0.6) is 5.75 Å². The van der Waals surface area contributed by atoms with Crippen molar-refractivity contribution in [2.45, 2.75) is 51.5 Å². The van der Waals surface area contributed by atoms with Gasteiger partial charge in [-0.1, -0.05) is 26.2 Å². The Bertz CT molecular complexity index is 484. The summed E-state index contributed by atoms with van der Waals surface area (Å²) in [5.41, 5.74) is 0.721. The Hall–Kier alpha value is -1.03. The molecular weight excluding hydrogens is 330 g/mol. The second-order valence-electron chi connectivity index (χ2n) is 5.70. The SMILES string of the molecule is CCCOc1ccc(C(=O)N(C)C2CCCCC2)cc1Br. The fourth-order valence-electron chi connectivity index (χ4n) is 2.80. The van der Waals surface area contributed by atoms with Gasteiger partial charge in [-0.15, -0.1) is 0 Å². The van der Waals surface area contributed by atoms with Crippen LogP contribution in [0.2, 0.25) is 0 Å². The first-order chi connectivity index (χ1) is 10.1. The molecule has 116 valence electrons. The highest BCUT2D eigenvalue weighted by Gasteiger charge is 2.23. The van der Waals surface area contributed by atoms with Crippen molar-refractivity contribution in [3.63, 3.8) is 0 Å². The van der Waals surface area contributed by atoms with Crippen LogP contribution in [0.15, 0.2) is 22.7 Å². The summed E-state index contributed by atoms with van der Waals surface area (Å²) in [5.74, 6) is 0.901. The maximum Gasteiger partial charge on any atom is 0.253 e. The van der Waals surface area contributed by atoms with Gasteiger partial charge in [0.2, 0.25) is 0 Å². The summed E-state index contributed by atoms with van der Waals surface area (Å²) in [5, 5.41) is 0. The molecule has 0 heterocycles. The highest BCUT2D eigenvalue weighted by molar-refractivity contribution is 9.10. The molecule has 2 rings (SSSR count). The lowest BCUT2D eigenvalue weighted by Crippen LogP contribution is -2.38. The number of nitrogens with zero attached hydrogens (tertiary/aromatic N) is 1. The van der Waals surface area contributed by atoms with E-state index in [0.29, 0.717) is 12.6 Å². The minimum Gasteiger partial charge on any atom is -0.492 e. The summed E-state index contributed by atoms with van der Waals surface area (Å²) in [6.07, 6.45) is 6.98. The van der Waals surface area contributed by atoms with Gasteiger partial charge in [-0.2, -0.15) is 0 Å². The van der Waals surface area contributed by atoms with Gasteiger partial charge in [0.05, 0.1) is 11.1 Å². The van der Waals surface area contributed by atoms with E-state index in [0.717, 1.165) is 35.0 Å². The van der Waals surface area contributed by atoms with Crippen LogP contribution in [0.4, 0.5) is 0 Å². The van der Waals surface area contributed by atoms with Gasteiger partial charge in [0.25, 0.3) is 5.91 Å². The van der Waals surface area contributed by atoms with Crippen molar-refractivity contribution in [1.29, 1.82) is 0 Å². The first-order valence-corrected chi connectivity index (χ1v) is 8.62. The van der Waals surface area contributed by atoms with Crippen molar-refractivity contribution in [3.8, 4) is 5.75 Å². The van der Waals surface area contributed by atoms with Crippen LogP contribution in [-0.2, 0) is 0 Å². The third-order valence-electron chi connectivity index (χ3n) is 4.08. The molecule has 0 unspecified atom stereocenters. The molecule has 0 bridgehead atoms. The molecule has 1 saturated carbocycles. The normalized spacial score (nSPS) is 15.8. The minimum atomic E-state index is 0.102. The molecule has 4 heteroatoms. The standard InChI is InChI=1S/C17H24BrNO2/c1-3-11-21-16-10-9-13(12-15(16)18)17(20)19(2)14-7-5-4-6-8-14/h9-10,12,14H,3-8,11H2,1-2H3. The number of hydrogen-bond donors (Lipinski definition) is 0. The van der Waals surface area contributed by atoms with E-state index in [1.54, 1.807) is 0 Å². The zero-order valence-corrected chi connectivity index (χ0v) is 14.5. The lowest BCUT2D eigenvalue weighted by molar-refractivity contribution is 0.0696. The largest absolute Gasteiger partial charge is 0.492 e. The highest BCUT2D eigenvalue weighted by atomic mass is 79.9. The number of ether oxygens (including phenoxy) is 1. The molecule has 21 heavy (non-hydrogen) atoms. The van der Waals surface area contributed by atoms with E-state index < -0.39 is 0 Å². The fourth-order valence-corrected chi connectivity index (χ4v) is 3.29. The van der Waals surface area contributed by atoms with Crippen LogP contribution in [-0.4, -0.2) is 30.5 Å². The average molecular weight is 354 g/mol. The molecule has 1 aliphatic carbocycles. The van der Waals surface area contributed by atoms with Crippen LogP contribution in [0, 0.1) is 0 Å².